The van der Waals surface area contributed by atoms with Crippen molar-refractivity contribution in [2.24, 2.45) is 0 Å². The number of phosphoric ester groups is 2. The molecule has 0 radical (unpaired) electrons. The summed E-state index contributed by atoms with van der Waals surface area (Å²) in [5.74, 6) is -3.48. The maximum absolute atomic E-state index is 11.6. The van der Waals surface area contributed by atoms with Crippen molar-refractivity contribution in [2.45, 2.75) is 65.2 Å². The Bertz CT molecular complexity index is 1350. The number of benzene rings is 2. The first-order chi connectivity index (χ1) is 26.4. The SMILES string of the molecule is C1CCOC1.C1CCOC1.C1CCOC1.C1CCOC1.CCOP(=O)([O-])Oc1c([O-])c(Cl)c(Cl)c(Cl)c1Cl.CCOP(=O)([O-])Oc1c([O-])c(Cl)c(Cl)c(Cl)c1Cl.[Ni+2].[Ni+2]. The summed E-state index contributed by atoms with van der Waals surface area (Å²) < 4.78 is 59.8. The molecule has 4 heterocycles. The first-order valence-corrected chi connectivity index (χ1v) is 23.0. The van der Waals surface area contributed by atoms with Crippen molar-refractivity contribution < 1.29 is 99.2 Å². The first-order valence-electron chi connectivity index (χ1n) is 17.1. The number of rotatable bonds is 8. The number of phosphoric acid groups is 2. The zero-order chi connectivity index (χ0) is 42.3. The molecule has 58 heavy (non-hydrogen) atoms. The van der Waals surface area contributed by atoms with E-state index in [1.165, 1.54) is 65.2 Å². The van der Waals surface area contributed by atoms with Crippen molar-refractivity contribution in [1.29, 1.82) is 0 Å². The van der Waals surface area contributed by atoms with Crippen molar-refractivity contribution in [3.8, 4) is 23.0 Å². The molecule has 0 saturated carbocycles. The summed E-state index contributed by atoms with van der Waals surface area (Å²) in [6.07, 6.45) is 10.2. The van der Waals surface area contributed by atoms with E-state index in [0.29, 0.717) is 0 Å². The maximum atomic E-state index is 11.6. The van der Waals surface area contributed by atoms with Gasteiger partial charge in [-0.3, -0.25) is 9.13 Å². The molecule has 26 heteroatoms. The topological polar surface area (TPSA) is 200 Å². The molecule has 4 fully saturated rings. The Balaban J connectivity index is 0. The molecular formula is C32H42Cl8Ni2O14P2. The van der Waals surface area contributed by atoms with E-state index in [1.807, 2.05) is 0 Å². The van der Waals surface area contributed by atoms with Crippen LogP contribution >= 0.6 is 108 Å². The molecule has 0 aliphatic carbocycles. The van der Waals surface area contributed by atoms with Gasteiger partial charge in [0.1, 0.15) is 21.5 Å². The minimum atomic E-state index is -4.72. The van der Waals surface area contributed by atoms with Gasteiger partial charge >= 0.3 is 48.6 Å². The van der Waals surface area contributed by atoms with Gasteiger partial charge in [0, 0.05) is 52.9 Å². The second-order valence-electron chi connectivity index (χ2n) is 11.0. The number of hydrogen-bond donors (Lipinski definition) is 0. The summed E-state index contributed by atoms with van der Waals surface area (Å²) in [6, 6.07) is 0. The molecular weight excluding hydrogens is 1070 g/mol. The minimum Gasteiger partial charge on any atom is -0.869 e. The Morgan fingerprint density at radius 2 is 0.655 bits per heavy atom. The average Bonchev–Trinajstić information content (AvgIpc) is 4.02. The Hall–Kier alpha value is 1.09. The summed E-state index contributed by atoms with van der Waals surface area (Å²) in [4.78, 5) is 22.6. The molecule has 0 N–H and O–H groups in total. The van der Waals surface area contributed by atoms with Gasteiger partial charge in [-0.2, -0.15) is 0 Å². The Morgan fingerprint density at radius 3 is 0.828 bits per heavy atom. The zero-order valence-corrected chi connectivity index (χ0v) is 40.8. The largest absolute Gasteiger partial charge is 2.00 e. The second kappa shape index (κ2) is 33.6. The fraction of sp³-hybridized carbons (Fsp3) is 0.625. The van der Waals surface area contributed by atoms with Gasteiger partial charge in [0.25, 0.3) is 0 Å². The summed E-state index contributed by atoms with van der Waals surface area (Å²) in [5, 5.41) is 20.3. The van der Waals surface area contributed by atoms with Crippen LogP contribution in [0.3, 0.4) is 0 Å². The van der Waals surface area contributed by atoms with E-state index < -0.39 is 58.7 Å². The number of hydrogen-bond acceptors (Lipinski definition) is 14. The third kappa shape index (κ3) is 23.7. The number of halogens is 8. The van der Waals surface area contributed by atoms with Crippen molar-refractivity contribution in [2.75, 3.05) is 66.1 Å². The zero-order valence-electron chi connectivity index (χ0n) is 31.0. The molecule has 4 aliphatic rings. The summed E-state index contributed by atoms with van der Waals surface area (Å²) in [7, 11) is -9.44. The van der Waals surface area contributed by atoms with E-state index in [1.54, 1.807) is 0 Å². The number of ether oxygens (including phenoxy) is 4. The molecule has 2 unspecified atom stereocenters. The Kier molecular flexibility index (Phi) is 35.4. The summed E-state index contributed by atoms with van der Waals surface area (Å²) in [6.45, 7) is 10.5. The fourth-order valence-corrected chi connectivity index (χ4v) is 7.33. The smallest absolute Gasteiger partial charge is 0.869 e. The standard InChI is InChI=1S/2C8H7Cl4O5P.4C4H8O.2Ni/c2*1-2-16-18(14,15)17-8-6(12)4(10)3(9)5(11)7(8)13;4*1-2-4-5-3-1;;/h2*13H,2H2,1H3,(H,14,15);4*1-4H2;;/q;;;;;;2*+2/p-4. The van der Waals surface area contributed by atoms with E-state index in [-0.39, 0.29) is 66.3 Å². The van der Waals surface area contributed by atoms with Crippen LogP contribution in [0.25, 0.3) is 0 Å². The van der Waals surface area contributed by atoms with Crippen LogP contribution < -0.4 is 29.0 Å². The van der Waals surface area contributed by atoms with Gasteiger partial charge in [-0.05, 0) is 76.7 Å². The molecule has 340 valence electrons. The normalized spacial score (nSPS) is 17.2. The Labute approximate surface area is 398 Å². The average molecular weight is 1110 g/mol. The van der Waals surface area contributed by atoms with Gasteiger partial charge in [-0.25, -0.2) is 0 Å². The van der Waals surface area contributed by atoms with Crippen LogP contribution in [-0.4, -0.2) is 66.1 Å². The van der Waals surface area contributed by atoms with E-state index in [0.717, 1.165) is 52.9 Å². The van der Waals surface area contributed by atoms with E-state index in [9.17, 15) is 29.1 Å². The maximum Gasteiger partial charge on any atom is 2.00 e. The second-order valence-corrected chi connectivity index (χ2v) is 16.7. The fourth-order valence-electron chi connectivity index (χ4n) is 3.98. The van der Waals surface area contributed by atoms with Gasteiger partial charge in [0.15, 0.2) is 0 Å². The molecule has 2 aromatic carbocycles. The van der Waals surface area contributed by atoms with Crippen LogP contribution in [-0.2, 0) is 70.1 Å². The first kappa shape index (κ1) is 61.2. The van der Waals surface area contributed by atoms with Crippen LogP contribution in [0.15, 0.2) is 0 Å². The van der Waals surface area contributed by atoms with Crippen LogP contribution in [0.1, 0.15) is 65.2 Å². The molecule has 4 aliphatic heterocycles. The van der Waals surface area contributed by atoms with Gasteiger partial charge < -0.3 is 57.0 Å². The molecule has 2 aromatic rings. The van der Waals surface area contributed by atoms with Crippen LogP contribution in [0, 0.1) is 0 Å². The van der Waals surface area contributed by atoms with Crippen molar-refractivity contribution in [1.82, 2.24) is 0 Å². The van der Waals surface area contributed by atoms with E-state index in [2.05, 4.69) is 18.1 Å². The summed E-state index contributed by atoms with van der Waals surface area (Å²) >= 11 is 45.0. The quantitative estimate of drug-likeness (QED) is 0.105. The van der Waals surface area contributed by atoms with Crippen molar-refractivity contribution >= 4 is 108 Å². The molecule has 6 rings (SSSR count). The monoisotopic (exact) mass is 1110 g/mol. The van der Waals surface area contributed by atoms with E-state index >= 15 is 0 Å². The summed E-state index contributed by atoms with van der Waals surface area (Å²) in [5.41, 5.74) is 0. The molecule has 0 bridgehead atoms. The predicted octanol–water partition coefficient (Wildman–Crippen LogP) is 9.70. The van der Waals surface area contributed by atoms with Crippen LogP contribution in [0.5, 0.6) is 23.0 Å². The van der Waals surface area contributed by atoms with Gasteiger partial charge in [0.05, 0.1) is 43.3 Å². The Morgan fingerprint density at radius 1 is 0.448 bits per heavy atom. The molecule has 14 nitrogen and oxygen atoms in total. The predicted molar refractivity (Wildman–Crippen MR) is 212 cm³/mol. The molecule has 0 spiro atoms. The van der Waals surface area contributed by atoms with Crippen molar-refractivity contribution in [3.05, 3.63) is 40.2 Å². The molecule has 2 atom stereocenters. The molecule has 0 amide bonds. The van der Waals surface area contributed by atoms with Gasteiger partial charge in [-0.1, -0.05) is 92.8 Å². The molecule has 0 aromatic heterocycles. The van der Waals surface area contributed by atoms with Crippen LogP contribution in [0.2, 0.25) is 40.2 Å². The van der Waals surface area contributed by atoms with Crippen LogP contribution in [0.4, 0.5) is 0 Å². The van der Waals surface area contributed by atoms with Gasteiger partial charge in [0.2, 0.25) is 0 Å². The molecule has 4 saturated heterocycles. The third-order valence-electron chi connectivity index (χ3n) is 6.66. The van der Waals surface area contributed by atoms with Gasteiger partial charge in [-0.15, -0.1) is 0 Å². The third-order valence-corrected chi connectivity index (χ3v) is 12.2. The minimum absolute atomic E-state index is 0. The van der Waals surface area contributed by atoms with Crippen molar-refractivity contribution in [3.63, 3.8) is 0 Å². The van der Waals surface area contributed by atoms with E-state index in [4.69, 9.17) is 112 Å².